The first-order chi connectivity index (χ1) is 16.7. The molecule has 0 saturated carbocycles. The Morgan fingerprint density at radius 2 is 2.00 bits per heavy atom. The van der Waals surface area contributed by atoms with Gasteiger partial charge in [-0.2, -0.15) is 5.10 Å². The maximum absolute atomic E-state index is 13.0. The first-order valence-electron chi connectivity index (χ1n) is 10.9. The third-order valence-corrected chi connectivity index (χ3v) is 5.71. The highest BCUT2D eigenvalue weighted by atomic mass is 16.5. The van der Waals surface area contributed by atoms with Crippen molar-refractivity contribution in [2.75, 3.05) is 30.4 Å². The van der Waals surface area contributed by atoms with Crippen molar-refractivity contribution in [3.8, 4) is 22.8 Å². The second-order valence-corrected chi connectivity index (χ2v) is 7.85. The average Bonchev–Trinajstić information content (AvgIpc) is 3.44. The molecule has 4 aromatic rings. The number of benzene rings is 1. The smallest absolute Gasteiger partial charge is 0.230 e. The summed E-state index contributed by atoms with van der Waals surface area (Å²) in [6, 6.07) is 13.2. The van der Waals surface area contributed by atoms with Crippen LogP contribution in [0.4, 0.5) is 11.6 Å². The van der Waals surface area contributed by atoms with Gasteiger partial charge in [-0.05, 0) is 37.1 Å². The van der Waals surface area contributed by atoms with E-state index in [4.69, 9.17) is 4.74 Å². The normalized spacial score (nSPS) is 15.7. The topological polar surface area (TPSA) is 124 Å². The number of ether oxygens (including phenoxy) is 1. The lowest BCUT2D eigenvalue weighted by atomic mass is 9.97. The molecule has 1 aliphatic rings. The Balaban J connectivity index is 1.26. The molecule has 0 radical (unpaired) electrons. The van der Waals surface area contributed by atoms with Gasteiger partial charge in [0.05, 0.1) is 18.7 Å². The summed E-state index contributed by atoms with van der Waals surface area (Å²) < 4.78 is 6.93. The highest BCUT2D eigenvalue weighted by molar-refractivity contribution is 5.92. The van der Waals surface area contributed by atoms with E-state index in [-0.39, 0.29) is 11.8 Å². The predicted molar refractivity (Wildman–Crippen MR) is 125 cm³/mol. The molecule has 1 amide bonds. The Bertz CT molecular complexity index is 1260. The van der Waals surface area contributed by atoms with Crippen LogP contribution < -0.4 is 15.0 Å². The number of para-hydroxylation sites is 1. The minimum atomic E-state index is -0.200. The number of amides is 1. The molecule has 34 heavy (non-hydrogen) atoms. The molecule has 0 bridgehead atoms. The second-order valence-electron chi connectivity index (χ2n) is 7.85. The van der Waals surface area contributed by atoms with E-state index >= 15 is 0 Å². The molecule has 11 heteroatoms. The van der Waals surface area contributed by atoms with E-state index in [2.05, 4.69) is 40.5 Å². The van der Waals surface area contributed by atoms with E-state index in [1.807, 2.05) is 36.4 Å². The van der Waals surface area contributed by atoms with Crippen LogP contribution in [0.5, 0.6) is 5.75 Å². The van der Waals surface area contributed by atoms with E-state index in [1.54, 1.807) is 13.2 Å². The van der Waals surface area contributed by atoms with Gasteiger partial charge in [-0.15, -0.1) is 10.2 Å². The molecular weight excluding hydrogens is 434 g/mol. The molecular formula is C23H23N9O2. The molecule has 1 aromatic carbocycles. The molecule has 1 unspecified atom stereocenters. The fourth-order valence-electron chi connectivity index (χ4n) is 3.99. The van der Waals surface area contributed by atoms with Crippen LogP contribution >= 0.6 is 0 Å². The van der Waals surface area contributed by atoms with Crippen molar-refractivity contribution in [3.05, 3.63) is 61.4 Å². The van der Waals surface area contributed by atoms with E-state index in [1.165, 1.54) is 23.7 Å². The molecule has 1 saturated heterocycles. The highest BCUT2D eigenvalue weighted by Crippen LogP contribution is 2.29. The lowest BCUT2D eigenvalue weighted by Crippen LogP contribution is -2.41. The van der Waals surface area contributed by atoms with Crippen LogP contribution in [-0.4, -0.2) is 61.0 Å². The number of carbonyl (C=O) groups excluding carboxylic acids is 1. The van der Waals surface area contributed by atoms with Gasteiger partial charge < -0.3 is 15.0 Å². The number of nitrogens with one attached hydrogen (secondary N) is 1. The molecule has 4 heterocycles. The van der Waals surface area contributed by atoms with Crippen LogP contribution in [0.3, 0.4) is 0 Å². The van der Waals surface area contributed by atoms with E-state index in [9.17, 15) is 4.79 Å². The maximum atomic E-state index is 13.0. The summed E-state index contributed by atoms with van der Waals surface area (Å²) in [6.07, 6.45) is 6.01. The summed E-state index contributed by atoms with van der Waals surface area (Å²) in [5.41, 5.74) is 1.62. The molecule has 1 atom stereocenters. The summed E-state index contributed by atoms with van der Waals surface area (Å²) in [6.45, 7) is 1.37. The Labute approximate surface area is 195 Å². The monoisotopic (exact) mass is 457 g/mol. The predicted octanol–water partition coefficient (Wildman–Crippen LogP) is 2.38. The molecule has 11 nitrogen and oxygen atoms in total. The van der Waals surface area contributed by atoms with Crippen LogP contribution in [0.2, 0.25) is 0 Å². The van der Waals surface area contributed by atoms with Crippen LogP contribution in [0, 0.1) is 5.92 Å². The number of anilines is 2. The van der Waals surface area contributed by atoms with Gasteiger partial charge in [0.25, 0.3) is 0 Å². The SMILES string of the molecule is COc1ccccc1-c1ccc(N2CCCC(C(=O)Nc3cc(-n4cncn4)ncn3)C2)nn1. The number of rotatable bonds is 6. The number of aromatic nitrogens is 7. The molecule has 5 rings (SSSR count). The first-order valence-corrected chi connectivity index (χ1v) is 10.9. The summed E-state index contributed by atoms with van der Waals surface area (Å²) in [4.78, 5) is 27.3. The number of carbonyl (C=O) groups is 1. The maximum Gasteiger partial charge on any atom is 0.230 e. The average molecular weight is 457 g/mol. The summed E-state index contributed by atoms with van der Waals surface area (Å²) >= 11 is 0. The third-order valence-electron chi connectivity index (χ3n) is 5.71. The molecule has 1 aliphatic heterocycles. The number of piperidine rings is 1. The Morgan fingerprint density at radius 3 is 2.79 bits per heavy atom. The molecule has 1 fully saturated rings. The standard InChI is InChI=1S/C23H23N9O2/c1-34-19-7-3-2-6-17(19)18-8-9-21(30-29-18)31-10-4-5-16(12-31)23(33)28-20-11-22(26-14-25-20)32-15-24-13-27-32/h2-3,6-9,11,13-16H,4-5,10,12H2,1H3,(H,25,26,28,33). The van der Waals surface area contributed by atoms with Crippen molar-refractivity contribution in [1.29, 1.82) is 0 Å². The Morgan fingerprint density at radius 1 is 1.09 bits per heavy atom. The van der Waals surface area contributed by atoms with Crippen LogP contribution in [0.25, 0.3) is 17.1 Å². The van der Waals surface area contributed by atoms with Crippen molar-refractivity contribution >= 4 is 17.5 Å². The largest absolute Gasteiger partial charge is 0.496 e. The summed E-state index contributed by atoms with van der Waals surface area (Å²) in [5, 5.41) is 15.8. The molecule has 1 N–H and O–H groups in total. The number of methoxy groups -OCH3 is 1. The zero-order valence-corrected chi connectivity index (χ0v) is 18.6. The fourth-order valence-corrected chi connectivity index (χ4v) is 3.99. The third kappa shape index (κ3) is 4.53. The second kappa shape index (κ2) is 9.61. The molecule has 0 spiro atoms. The summed E-state index contributed by atoms with van der Waals surface area (Å²) in [5.74, 6) is 2.14. The van der Waals surface area contributed by atoms with Gasteiger partial charge in [-0.25, -0.2) is 19.6 Å². The molecule has 3 aromatic heterocycles. The summed E-state index contributed by atoms with van der Waals surface area (Å²) in [7, 11) is 1.64. The van der Waals surface area contributed by atoms with Crippen molar-refractivity contribution in [1.82, 2.24) is 34.9 Å². The van der Waals surface area contributed by atoms with Gasteiger partial charge in [0.15, 0.2) is 11.6 Å². The van der Waals surface area contributed by atoms with Gasteiger partial charge in [0, 0.05) is 24.7 Å². The van der Waals surface area contributed by atoms with E-state index in [0.717, 1.165) is 42.2 Å². The van der Waals surface area contributed by atoms with Gasteiger partial charge >= 0.3 is 0 Å². The minimum Gasteiger partial charge on any atom is -0.496 e. The van der Waals surface area contributed by atoms with Crippen molar-refractivity contribution in [2.45, 2.75) is 12.8 Å². The number of hydrogen-bond donors (Lipinski definition) is 1. The number of nitrogens with zero attached hydrogens (tertiary/aromatic N) is 8. The van der Waals surface area contributed by atoms with Crippen LogP contribution in [0.15, 0.2) is 61.4 Å². The van der Waals surface area contributed by atoms with Crippen LogP contribution in [-0.2, 0) is 4.79 Å². The number of hydrogen-bond acceptors (Lipinski definition) is 9. The highest BCUT2D eigenvalue weighted by Gasteiger charge is 2.27. The lowest BCUT2D eigenvalue weighted by molar-refractivity contribution is -0.120. The first kappa shape index (κ1) is 21.4. The molecule has 172 valence electrons. The Hall–Kier alpha value is -4.41. The van der Waals surface area contributed by atoms with Crippen molar-refractivity contribution < 1.29 is 9.53 Å². The van der Waals surface area contributed by atoms with Gasteiger partial charge in [0.1, 0.15) is 30.5 Å². The Kier molecular flexibility index (Phi) is 6.06. The fraction of sp³-hybridized carbons (Fsp3) is 0.261. The van der Waals surface area contributed by atoms with Crippen molar-refractivity contribution in [3.63, 3.8) is 0 Å². The van der Waals surface area contributed by atoms with Crippen LogP contribution in [0.1, 0.15) is 12.8 Å². The quantitative estimate of drug-likeness (QED) is 0.465. The molecule has 0 aliphatic carbocycles. The van der Waals surface area contributed by atoms with E-state index < -0.39 is 0 Å². The van der Waals surface area contributed by atoms with Gasteiger partial charge in [-0.1, -0.05) is 12.1 Å². The zero-order chi connectivity index (χ0) is 23.3. The van der Waals surface area contributed by atoms with Crippen molar-refractivity contribution in [2.24, 2.45) is 5.92 Å². The van der Waals surface area contributed by atoms with E-state index in [0.29, 0.717) is 18.2 Å². The zero-order valence-electron chi connectivity index (χ0n) is 18.6. The minimum absolute atomic E-state index is 0.0912. The lowest BCUT2D eigenvalue weighted by Gasteiger charge is -2.32. The van der Waals surface area contributed by atoms with Gasteiger partial charge in [-0.3, -0.25) is 4.79 Å². The van der Waals surface area contributed by atoms with Gasteiger partial charge in [0.2, 0.25) is 5.91 Å².